The first-order valence-corrected chi connectivity index (χ1v) is 9.47. The Morgan fingerprint density at radius 1 is 1.19 bits per heavy atom. The van der Waals surface area contributed by atoms with Crippen LogP contribution in [0.4, 0.5) is 0 Å². The smallest absolute Gasteiger partial charge is 0.242 e. The molecular formula is C21H21N3O2S. The van der Waals surface area contributed by atoms with Gasteiger partial charge in [-0.3, -0.25) is 9.69 Å². The number of benzene rings is 2. The van der Waals surface area contributed by atoms with Crippen molar-refractivity contribution in [2.45, 2.75) is 11.7 Å². The van der Waals surface area contributed by atoms with E-state index < -0.39 is 0 Å². The predicted octanol–water partition coefficient (Wildman–Crippen LogP) is 3.76. The lowest BCUT2D eigenvalue weighted by molar-refractivity contribution is -0.125. The number of hydrogen-bond donors (Lipinski definition) is 0. The molecule has 1 fully saturated rings. The Bertz CT molecular complexity index is 865. The van der Waals surface area contributed by atoms with Crippen LogP contribution in [0.3, 0.4) is 0 Å². The average molecular weight is 379 g/mol. The van der Waals surface area contributed by atoms with Crippen LogP contribution in [0, 0.1) is 0 Å². The number of methoxy groups -OCH3 is 1. The van der Waals surface area contributed by atoms with Crippen LogP contribution in [0.25, 0.3) is 0 Å². The number of rotatable bonds is 7. The van der Waals surface area contributed by atoms with Crippen LogP contribution in [0.1, 0.15) is 11.1 Å². The van der Waals surface area contributed by atoms with Crippen LogP contribution >= 0.6 is 11.8 Å². The monoisotopic (exact) mass is 379 g/mol. The van der Waals surface area contributed by atoms with E-state index in [0.29, 0.717) is 18.1 Å². The van der Waals surface area contributed by atoms with Gasteiger partial charge in [0, 0.05) is 12.1 Å². The average Bonchev–Trinajstić information content (AvgIpc) is 2.98. The third-order valence-corrected chi connectivity index (χ3v) is 5.24. The third kappa shape index (κ3) is 4.65. The summed E-state index contributed by atoms with van der Waals surface area (Å²) in [4.78, 5) is 14.4. The molecule has 1 saturated heterocycles. The molecule has 0 bridgehead atoms. The molecule has 1 aliphatic heterocycles. The molecule has 6 heteroatoms. The van der Waals surface area contributed by atoms with E-state index in [1.165, 1.54) is 11.8 Å². The highest BCUT2D eigenvalue weighted by Gasteiger charge is 2.37. The van der Waals surface area contributed by atoms with E-state index in [1.807, 2.05) is 54.6 Å². The van der Waals surface area contributed by atoms with Crippen molar-refractivity contribution in [1.82, 2.24) is 4.90 Å². The van der Waals surface area contributed by atoms with Crippen molar-refractivity contribution in [3.8, 4) is 5.75 Å². The first-order chi connectivity index (χ1) is 13.2. The topological polar surface area (TPSA) is 54.3 Å². The van der Waals surface area contributed by atoms with Gasteiger partial charge >= 0.3 is 0 Å². The summed E-state index contributed by atoms with van der Waals surface area (Å²) < 4.78 is 5.31. The molecule has 2 aromatic rings. The number of carbonyl (C=O) groups excluding carboxylic acids is 1. The van der Waals surface area contributed by atoms with Gasteiger partial charge in [0.2, 0.25) is 5.91 Å². The van der Waals surface area contributed by atoms with Gasteiger partial charge in [-0.1, -0.05) is 60.3 Å². The molecule has 1 heterocycles. The Morgan fingerprint density at radius 3 is 2.67 bits per heavy atom. The first-order valence-electron chi connectivity index (χ1n) is 8.60. The van der Waals surface area contributed by atoms with Crippen molar-refractivity contribution in [2.75, 3.05) is 13.7 Å². The minimum absolute atomic E-state index is 0.0370. The normalized spacial score (nSPS) is 18.4. The second kappa shape index (κ2) is 9.19. The van der Waals surface area contributed by atoms with Gasteiger partial charge in [-0.15, -0.1) is 11.7 Å². The third-order valence-electron chi connectivity index (χ3n) is 4.07. The largest absolute Gasteiger partial charge is 0.496 e. The molecule has 27 heavy (non-hydrogen) atoms. The van der Waals surface area contributed by atoms with Crippen molar-refractivity contribution in [3.63, 3.8) is 0 Å². The highest BCUT2D eigenvalue weighted by atomic mass is 32.2. The quantitative estimate of drug-likeness (QED) is 0.418. The molecule has 0 saturated carbocycles. The second-order valence-electron chi connectivity index (χ2n) is 5.90. The molecule has 0 aromatic heterocycles. The van der Waals surface area contributed by atoms with Gasteiger partial charge in [0.05, 0.1) is 18.6 Å². The lowest BCUT2D eigenvalue weighted by Gasteiger charge is -2.12. The van der Waals surface area contributed by atoms with Crippen LogP contribution in [0.5, 0.6) is 5.75 Å². The summed E-state index contributed by atoms with van der Waals surface area (Å²) in [6.07, 6.45) is 3.99. The van der Waals surface area contributed by atoms with Crippen LogP contribution < -0.4 is 4.74 Å². The SMILES string of the molecule is C=CCN1C(=O)C(Cc2ccccc2)S/C1=N\N=C/c1ccccc1OC. The zero-order valence-electron chi connectivity index (χ0n) is 15.1. The van der Waals surface area contributed by atoms with Crippen molar-refractivity contribution >= 4 is 29.1 Å². The lowest BCUT2D eigenvalue weighted by atomic mass is 10.1. The molecule has 2 aromatic carbocycles. The van der Waals surface area contributed by atoms with Crippen molar-refractivity contribution in [1.29, 1.82) is 0 Å². The molecule has 0 N–H and O–H groups in total. The Labute approximate surface area is 163 Å². The van der Waals surface area contributed by atoms with E-state index in [9.17, 15) is 4.79 Å². The van der Waals surface area contributed by atoms with E-state index in [2.05, 4.69) is 16.8 Å². The zero-order chi connectivity index (χ0) is 19.1. The molecule has 0 aliphatic carbocycles. The summed E-state index contributed by atoms with van der Waals surface area (Å²) in [6, 6.07) is 17.6. The molecular weight excluding hydrogens is 358 g/mol. The summed E-state index contributed by atoms with van der Waals surface area (Å²) in [5.74, 6) is 0.761. The van der Waals surface area contributed by atoms with E-state index in [1.54, 1.807) is 24.3 Å². The highest BCUT2D eigenvalue weighted by molar-refractivity contribution is 8.15. The minimum atomic E-state index is -0.201. The fraction of sp³-hybridized carbons (Fsp3) is 0.190. The minimum Gasteiger partial charge on any atom is -0.496 e. The fourth-order valence-electron chi connectivity index (χ4n) is 2.75. The zero-order valence-corrected chi connectivity index (χ0v) is 15.9. The molecule has 1 amide bonds. The summed E-state index contributed by atoms with van der Waals surface area (Å²) in [5, 5.41) is 8.85. The van der Waals surface area contributed by atoms with Gasteiger partial charge in [-0.2, -0.15) is 5.10 Å². The van der Waals surface area contributed by atoms with Gasteiger partial charge in [0.25, 0.3) is 0 Å². The van der Waals surface area contributed by atoms with Gasteiger partial charge < -0.3 is 4.74 Å². The number of thioether (sulfide) groups is 1. The number of hydrogen-bond acceptors (Lipinski definition) is 5. The van der Waals surface area contributed by atoms with E-state index in [4.69, 9.17) is 4.74 Å². The lowest BCUT2D eigenvalue weighted by Crippen LogP contribution is -2.32. The van der Waals surface area contributed by atoms with E-state index in [-0.39, 0.29) is 11.2 Å². The molecule has 0 spiro atoms. The number of nitrogens with zero attached hydrogens (tertiary/aromatic N) is 3. The first kappa shape index (κ1) is 18.9. The fourth-order valence-corrected chi connectivity index (χ4v) is 3.90. The van der Waals surface area contributed by atoms with Crippen LogP contribution in [0.15, 0.2) is 77.5 Å². The maximum absolute atomic E-state index is 12.7. The number of para-hydroxylation sites is 1. The van der Waals surface area contributed by atoms with Crippen LogP contribution in [0.2, 0.25) is 0 Å². The maximum atomic E-state index is 12.7. The van der Waals surface area contributed by atoms with Crippen LogP contribution in [-0.4, -0.2) is 41.1 Å². The van der Waals surface area contributed by atoms with Gasteiger partial charge in [-0.25, -0.2) is 0 Å². The number of ether oxygens (including phenoxy) is 1. The molecule has 1 atom stereocenters. The molecule has 0 radical (unpaired) electrons. The summed E-state index contributed by atoms with van der Waals surface area (Å²) >= 11 is 1.44. The van der Waals surface area contributed by atoms with Gasteiger partial charge in [-0.05, 0) is 24.1 Å². The van der Waals surface area contributed by atoms with Crippen molar-refractivity contribution in [2.24, 2.45) is 10.2 Å². The van der Waals surface area contributed by atoms with Crippen molar-refractivity contribution < 1.29 is 9.53 Å². The van der Waals surface area contributed by atoms with Crippen molar-refractivity contribution in [3.05, 3.63) is 78.4 Å². The van der Waals surface area contributed by atoms with Crippen LogP contribution in [-0.2, 0) is 11.2 Å². The number of amides is 1. The maximum Gasteiger partial charge on any atom is 0.242 e. The number of carbonyl (C=O) groups is 1. The molecule has 1 unspecified atom stereocenters. The Morgan fingerprint density at radius 2 is 1.93 bits per heavy atom. The Kier molecular flexibility index (Phi) is 6.44. The molecule has 1 aliphatic rings. The van der Waals surface area contributed by atoms with Gasteiger partial charge in [0.15, 0.2) is 5.17 Å². The predicted molar refractivity (Wildman–Crippen MR) is 111 cm³/mol. The number of amidine groups is 1. The Balaban J connectivity index is 1.78. The summed E-state index contributed by atoms with van der Waals surface area (Å²) in [6.45, 7) is 4.16. The molecule has 3 rings (SSSR count). The second-order valence-corrected chi connectivity index (χ2v) is 7.07. The summed E-state index contributed by atoms with van der Waals surface area (Å²) in [5.41, 5.74) is 1.95. The van der Waals surface area contributed by atoms with E-state index >= 15 is 0 Å². The molecule has 138 valence electrons. The van der Waals surface area contributed by atoms with E-state index in [0.717, 1.165) is 16.9 Å². The highest BCUT2D eigenvalue weighted by Crippen LogP contribution is 2.30. The molecule has 5 nitrogen and oxygen atoms in total. The summed E-state index contributed by atoms with van der Waals surface area (Å²) in [7, 11) is 1.62. The standard InChI is InChI=1S/C21H21N3O2S/c1-3-13-24-20(25)19(14-16-9-5-4-6-10-16)27-21(24)23-22-15-17-11-7-8-12-18(17)26-2/h3-12,15,19H,1,13-14H2,2H3/b22-15-,23-21-. The van der Waals surface area contributed by atoms with Gasteiger partial charge in [0.1, 0.15) is 5.75 Å². The Hall–Kier alpha value is -2.86.